The average Bonchev–Trinajstić information content (AvgIpc) is 2.60. The number of alkyl carbamates (subject to hydrolysis) is 1. The third kappa shape index (κ3) is 6.06. The van der Waals surface area contributed by atoms with Crippen molar-refractivity contribution >= 4 is 6.09 Å². The predicted molar refractivity (Wildman–Crippen MR) is 90.9 cm³/mol. The van der Waals surface area contributed by atoms with Gasteiger partial charge in [0, 0.05) is 0 Å². The Labute approximate surface area is 138 Å². The second kappa shape index (κ2) is 9.36. The lowest BCUT2D eigenvalue weighted by Gasteiger charge is -2.28. The van der Waals surface area contributed by atoms with E-state index in [9.17, 15) is 9.90 Å². The van der Waals surface area contributed by atoms with Crippen LogP contribution in [0.4, 0.5) is 4.79 Å². The second-order valence-corrected chi connectivity index (χ2v) is 6.28. The van der Waals surface area contributed by atoms with Gasteiger partial charge in [0.05, 0.1) is 12.1 Å². The van der Waals surface area contributed by atoms with Crippen LogP contribution in [0, 0.1) is 5.92 Å². The van der Waals surface area contributed by atoms with E-state index >= 15 is 0 Å². The molecule has 0 bridgehead atoms. The molecular formula is C19H27NO3. The largest absolute Gasteiger partial charge is 0.445 e. The number of aliphatic hydroxyl groups is 1. The molecule has 2 atom stereocenters. The van der Waals surface area contributed by atoms with Crippen molar-refractivity contribution < 1.29 is 14.6 Å². The zero-order valence-corrected chi connectivity index (χ0v) is 13.6. The fraction of sp³-hybridized carbons (Fsp3) is 0.526. The number of aliphatic hydroxyl groups excluding tert-OH is 1. The van der Waals surface area contributed by atoms with Gasteiger partial charge in [-0.05, 0) is 17.9 Å². The lowest BCUT2D eigenvalue weighted by Crippen LogP contribution is -2.44. The predicted octanol–water partition coefficient (Wildman–Crippen LogP) is 3.80. The van der Waals surface area contributed by atoms with Crippen molar-refractivity contribution in [3.05, 3.63) is 48.6 Å². The molecule has 0 aliphatic heterocycles. The summed E-state index contributed by atoms with van der Waals surface area (Å²) >= 11 is 0. The van der Waals surface area contributed by atoms with Crippen molar-refractivity contribution in [1.29, 1.82) is 0 Å². The third-order valence-electron chi connectivity index (χ3n) is 4.48. The summed E-state index contributed by atoms with van der Waals surface area (Å²) in [6, 6.07) is 9.22. The molecule has 23 heavy (non-hydrogen) atoms. The zero-order valence-electron chi connectivity index (χ0n) is 13.6. The number of hydrogen-bond donors (Lipinski definition) is 2. The fourth-order valence-corrected chi connectivity index (χ4v) is 3.15. The Hall–Kier alpha value is -1.81. The zero-order chi connectivity index (χ0) is 16.5. The van der Waals surface area contributed by atoms with Gasteiger partial charge in [0.25, 0.3) is 0 Å². The number of carbonyl (C=O) groups is 1. The van der Waals surface area contributed by atoms with E-state index in [1.807, 2.05) is 30.3 Å². The molecule has 0 saturated heterocycles. The molecule has 1 aliphatic rings. The molecule has 4 heteroatoms. The maximum atomic E-state index is 12.0. The van der Waals surface area contributed by atoms with E-state index in [4.69, 9.17) is 4.74 Å². The van der Waals surface area contributed by atoms with Crippen molar-refractivity contribution in [2.45, 2.75) is 57.3 Å². The second-order valence-electron chi connectivity index (χ2n) is 6.28. The average molecular weight is 317 g/mol. The van der Waals surface area contributed by atoms with Crippen LogP contribution in [-0.4, -0.2) is 23.3 Å². The van der Waals surface area contributed by atoms with Crippen LogP contribution in [0.5, 0.6) is 0 Å². The van der Waals surface area contributed by atoms with E-state index in [1.165, 1.54) is 38.2 Å². The highest BCUT2D eigenvalue weighted by molar-refractivity contribution is 5.67. The Kier molecular flexibility index (Phi) is 7.14. The molecule has 2 unspecified atom stereocenters. The summed E-state index contributed by atoms with van der Waals surface area (Å²) in [4.78, 5) is 12.0. The molecule has 0 spiro atoms. The summed E-state index contributed by atoms with van der Waals surface area (Å²) in [7, 11) is 0. The minimum Gasteiger partial charge on any atom is -0.445 e. The number of hydrogen-bond acceptors (Lipinski definition) is 3. The molecule has 1 amide bonds. The lowest BCUT2D eigenvalue weighted by atomic mass is 9.84. The van der Waals surface area contributed by atoms with Gasteiger partial charge >= 0.3 is 6.09 Å². The number of ether oxygens (including phenoxy) is 1. The first-order valence-corrected chi connectivity index (χ1v) is 8.47. The van der Waals surface area contributed by atoms with Crippen LogP contribution in [0.3, 0.4) is 0 Å². The molecule has 126 valence electrons. The van der Waals surface area contributed by atoms with E-state index in [2.05, 4.69) is 11.9 Å². The van der Waals surface area contributed by atoms with Gasteiger partial charge in [0.15, 0.2) is 0 Å². The summed E-state index contributed by atoms with van der Waals surface area (Å²) in [6.45, 7) is 3.86. The number of carbonyl (C=O) groups excluding carboxylic acids is 1. The van der Waals surface area contributed by atoms with Gasteiger partial charge < -0.3 is 15.2 Å². The van der Waals surface area contributed by atoms with Gasteiger partial charge in [-0.1, -0.05) is 68.5 Å². The first-order chi connectivity index (χ1) is 11.2. The van der Waals surface area contributed by atoms with Crippen molar-refractivity contribution in [2.75, 3.05) is 0 Å². The highest BCUT2D eigenvalue weighted by atomic mass is 16.5. The van der Waals surface area contributed by atoms with Crippen molar-refractivity contribution in [2.24, 2.45) is 5.92 Å². The summed E-state index contributed by atoms with van der Waals surface area (Å²) in [6.07, 6.45) is 7.11. The minimum atomic E-state index is -0.749. The van der Waals surface area contributed by atoms with Gasteiger partial charge in [-0.3, -0.25) is 0 Å². The number of benzene rings is 1. The Balaban J connectivity index is 1.83. The van der Waals surface area contributed by atoms with Crippen LogP contribution in [0.15, 0.2) is 43.0 Å². The van der Waals surface area contributed by atoms with E-state index in [-0.39, 0.29) is 12.6 Å². The quantitative estimate of drug-likeness (QED) is 0.752. The minimum absolute atomic E-state index is 0.229. The molecule has 1 aliphatic carbocycles. The number of amides is 1. The molecule has 2 N–H and O–H groups in total. The van der Waals surface area contributed by atoms with E-state index in [0.717, 1.165) is 12.0 Å². The van der Waals surface area contributed by atoms with Crippen LogP contribution in [-0.2, 0) is 11.3 Å². The van der Waals surface area contributed by atoms with Crippen molar-refractivity contribution in [3.63, 3.8) is 0 Å². The third-order valence-corrected chi connectivity index (χ3v) is 4.48. The highest BCUT2D eigenvalue weighted by Crippen LogP contribution is 2.28. The maximum Gasteiger partial charge on any atom is 0.407 e. The maximum absolute atomic E-state index is 12.0. The molecule has 0 radical (unpaired) electrons. The van der Waals surface area contributed by atoms with Crippen LogP contribution < -0.4 is 5.32 Å². The molecule has 1 aromatic carbocycles. The highest BCUT2D eigenvalue weighted by Gasteiger charge is 2.25. The SMILES string of the molecule is C=CC(O)C(CC1CCCCC1)NC(=O)OCc1ccccc1. The lowest BCUT2D eigenvalue weighted by molar-refractivity contribution is 0.109. The van der Waals surface area contributed by atoms with Gasteiger partial charge in [0.1, 0.15) is 6.61 Å². The Bertz CT molecular complexity index is 483. The first kappa shape index (κ1) is 17.5. The van der Waals surface area contributed by atoms with Gasteiger partial charge in [-0.2, -0.15) is 0 Å². The van der Waals surface area contributed by atoms with Crippen molar-refractivity contribution in [1.82, 2.24) is 5.32 Å². The monoisotopic (exact) mass is 317 g/mol. The van der Waals surface area contributed by atoms with Crippen LogP contribution in [0.1, 0.15) is 44.1 Å². The van der Waals surface area contributed by atoms with E-state index < -0.39 is 12.2 Å². The molecule has 4 nitrogen and oxygen atoms in total. The summed E-state index contributed by atoms with van der Waals surface area (Å²) in [5.74, 6) is 0.553. The summed E-state index contributed by atoms with van der Waals surface area (Å²) in [5.41, 5.74) is 0.941. The molecule has 1 aromatic rings. The van der Waals surface area contributed by atoms with Gasteiger partial charge in [-0.25, -0.2) is 4.79 Å². The summed E-state index contributed by atoms with van der Waals surface area (Å²) < 4.78 is 5.25. The topological polar surface area (TPSA) is 58.6 Å². The van der Waals surface area contributed by atoms with Crippen molar-refractivity contribution in [3.8, 4) is 0 Å². The Morgan fingerprint density at radius 2 is 2.00 bits per heavy atom. The Morgan fingerprint density at radius 3 is 2.65 bits per heavy atom. The molecule has 1 fully saturated rings. The van der Waals surface area contributed by atoms with Crippen LogP contribution >= 0.6 is 0 Å². The smallest absolute Gasteiger partial charge is 0.407 e. The van der Waals surface area contributed by atoms with E-state index in [1.54, 1.807) is 0 Å². The first-order valence-electron chi connectivity index (χ1n) is 8.47. The van der Waals surface area contributed by atoms with Crippen LogP contribution in [0.25, 0.3) is 0 Å². The molecule has 1 saturated carbocycles. The molecule has 0 aromatic heterocycles. The van der Waals surface area contributed by atoms with Gasteiger partial charge in [-0.15, -0.1) is 6.58 Å². The fourth-order valence-electron chi connectivity index (χ4n) is 3.15. The van der Waals surface area contributed by atoms with E-state index in [0.29, 0.717) is 5.92 Å². The van der Waals surface area contributed by atoms with Gasteiger partial charge in [0.2, 0.25) is 0 Å². The summed E-state index contributed by atoms with van der Waals surface area (Å²) in [5, 5.41) is 12.9. The number of rotatable bonds is 7. The number of nitrogens with one attached hydrogen (secondary N) is 1. The molecular weight excluding hydrogens is 290 g/mol. The molecule has 2 rings (SSSR count). The Morgan fingerprint density at radius 1 is 1.30 bits per heavy atom. The van der Waals surface area contributed by atoms with Crippen LogP contribution in [0.2, 0.25) is 0 Å². The standard InChI is InChI=1S/C19H27NO3/c1-2-18(21)17(13-15-9-5-3-6-10-15)20-19(22)23-14-16-11-7-4-8-12-16/h2,4,7-8,11-12,15,17-18,21H,1,3,5-6,9-10,13-14H2,(H,20,22). The molecule has 0 heterocycles. The normalized spacial score (nSPS) is 18.0.